The van der Waals surface area contributed by atoms with Gasteiger partial charge in [0.15, 0.2) is 5.82 Å². The maximum atomic E-state index is 5.41. The summed E-state index contributed by atoms with van der Waals surface area (Å²) < 4.78 is 15.5. The van der Waals surface area contributed by atoms with Gasteiger partial charge >= 0.3 is 0 Å². The van der Waals surface area contributed by atoms with E-state index in [1.807, 2.05) is 61.3 Å². The lowest BCUT2D eigenvalue weighted by Crippen LogP contribution is -2.22. The smallest absolute Gasteiger partial charge is 0.259 e. The minimum atomic E-state index is 0.0339. The van der Waals surface area contributed by atoms with Crippen LogP contribution < -0.4 is 9.64 Å². The number of anilines is 1. The molecule has 0 amide bonds. The fourth-order valence-electron chi connectivity index (χ4n) is 2.92. The summed E-state index contributed by atoms with van der Waals surface area (Å²) in [6.07, 6.45) is 3.87. The van der Waals surface area contributed by atoms with Crippen LogP contribution in [0.3, 0.4) is 0 Å². The zero-order chi connectivity index (χ0) is 20.2. The zero-order valence-electron chi connectivity index (χ0n) is 16.4. The Kier molecular flexibility index (Phi) is 5.24. The van der Waals surface area contributed by atoms with Gasteiger partial charge in [-0.15, -0.1) is 0 Å². The number of pyridine rings is 1. The van der Waals surface area contributed by atoms with Crippen molar-refractivity contribution >= 4 is 5.82 Å². The number of aromatic nitrogens is 4. The summed E-state index contributed by atoms with van der Waals surface area (Å²) in [7, 11) is 3.60. The highest BCUT2D eigenvalue weighted by molar-refractivity contribution is 5.55. The lowest BCUT2D eigenvalue weighted by molar-refractivity contribution is 0.406. The minimum absolute atomic E-state index is 0.0339. The van der Waals surface area contributed by atoms with Crippen LogP contribution in [0, 0.1) is 0 Å². The Morgan fingerprint density at radius 3 is 2.55 bits per heavy atom. The molecular formula is C21H21N5O3. The third kappa shape index (κ3) is 4.11. The van der Waals surface area contributed by atoms with E-state index in [0.29, 0.717) is 18.1 Å². The van der Waals surface area contributed by atoms with Crippen LogP contribution in [0.25, 0.3) is 11.5 Å². The lowest BCUT2D eigenvalue weighted by atomic mass is 10.1. The molecule has 8 heteroatoms. The van der Waals surface area contributed by atoms with Gasteiger partial charge in [0.05, 0.1) is 18.7 Å². The Bertz CT molecular complexity index is 1040. The highest BCUT2D eigenvalue weighted by atomic mass is 16.5. The largest absolute Gasteiger partial charge is 0.497 e. The second kappa shape index (κ2) is 8.14. The van der Waals surface area contributed by atoms with Gasteiger partial charge in [0, 0.05) is 25.7 Å². The average molecular weight is 391 g/mol. The van der Waals surface area contributed by atoms with Crippen LogP contribution in [0.4, 0.5) is 5.82 Å². The molecule has 0 saturated heterocycles. The van der Waals surface area contributed by atoms with Gasteiger partial charge in [-0.1, -0.05) is 22.4 Å². The summed E-state index contributed by atoms with van der Waals surface area (Å²) in [6, 6.07) is 13.5. The average Bonchev–Trinajstić information content (AvgIpc) is 3.46. The van der Waals surface area contributed by atoms with Crippen LogP contribution >= 0.6 is 0 Å². The predicted molar refractivity (Wildman–Crippen MR) is 107 cm³/mol. The molecule has 1 atom stereocenters. The van der Waals surface area contributed by atoms with Gasteiger partial charge in [-0.2, -0.15) is 4.98 Å². The van der Waals surface area contributed by atoms with Crippen molar-refractivity contribution in [1.82, 2.24) is 20.3 Å². The Morgan fingerprint density at radius 1 is 1.07 bits per heavy atom. The van der Waals surface area contributed by atoms with E-state index in [2.05, 4.69) is 20.3 Å². The Labute approximate surface area is 168 Å². The molecule has 4 rings (SSSR count). The zero-order valence-corrected chi connectivity index (χ0v) is 16.4. The molecule has 0 aliphatic heterocycles. The van der Waals surface area contributed by atoms with Gasteiger partial charge in [0.25, 0.3) is 5.89 Å². The van der Waals surface area contributed by atoms with Crippen molar-refractivity contribution in [3.63, 3.8) is 0 Å². The molecular weight excluding hydrogens is 370 g/mol. The SMILES string of the molecule is COc1ccc(Cc2noc(-c3ccc(N(C)C(C)c4ccon4)nc3)n2)cc1. The Hall–Kier alpha value is -3.68. The second-order valence-electron chi connectivity index (χ2n) is 6.66. The Balaban J connectivity index is 1.45. The van der Waals surface area contributed by atoms with Crippen molar-refractivity contribution in [2.24, 2.45) is 0 Å². The van der Waals surface area contributed by atoms with Crippen LogP contribution in [0.1, 0.15) is 30.0 Å². The van der Waals surface area contributed by atoms with Crippen molar-refractivity contribution in [2.75, 3.05) is 19.1 Å². The molecule has 29 heavy (non-hydrogen) atoms. The predicted octanol–water partition coefficient (Wildman–Crippen LogP) is 3.92. The molecule has 8 nitrogen and oxygen atoms in total. The molecule has 0 N–H and O–H groups in total. The number of benzene rings is 1. The van der Waals surface area contributed by atoms with Crippen LogP contribution in [-0.2, 0) is 6.42 Å². The number of hydrogen-bond donors (Lipinski definition) is 0. The van der Waals surface area contributed by atoms with E-state index >= 15 is 0 Å². The third-order valence-electron chi connectivity index (χ3n) is 4.81. The van der Waals surface area contributed by atoms with E-state index in [1.165, 1.54) is 0 Å². The lowest BCUT2D eigenvalue weighted by Gasteiger charge is -2.24. The molecule has 0 bridgehead atoms. The number of ether oxygens (including phenoxy) is 1. The molecule has 0 aliphatic carbocycles. The first-order valence-corrected chi connectivity index (χ1v) is 9.19. The van der Waals surface area contributed by atoms with Crippen molar-refractivity contribution < 1.29 is 13.8 Å². The standard InChI is InChI=1S/C21H21N5O3/c1-14(18-10-11-28-24-18)26(2)20-9-6-16(13-22-20)21-23-19(25-29-21)12-15-4-7-17(27-3)8-5-15/h4-11,13-14H,12H2,1-3H3. The summed E-state index contributed by atoms with van der Waals surface area (Å²) in [6.45, 7) is 2.04. The van der Waals surface area contributed by atoms with E-state index in [0.717, 1.165) is 28.4 Å². The molecule has 4 aromatic rings. The van der Waals surface area contributed by atoms with Gasteiger partial charge in [-0.25, -0.2) is 4.98 Å². The number of nitrogens with zero attached hydrogens (tertiary/aromatic N) is 5. The van der Waals surface area contributed by atoms with Crippen molar-refractivity contribution in [1.29, 1.82) is 0 Å². The fourth-order valence-corrected chi connectivity index (χ4v) is 2.92. The van der Waals surface area contributed by atoms with E-state index in [-0.39, 0.29) is 6.04 Å². The van der Waals surface area contributed by atoms with Crippen LogP contribution in [0.15, 0.2) is 64.0 Å². The van der Waals surface area contributed by atoms with Crippen LogP contribution in [0.5, 0.6) is 5.75 Å². The summed E-state index contributed by atoms with van der Waals surface area (Å²) in [5.74, 6) is 2.68. The summed E-state index contributed by atoms with van der Waals surface area (Å²) in [5.41, 5.74) is 2.69. The maximum Gasteiger partial charge on any atom is 0.259 e. The van der Waals surface area contributed by atoms with E-state index in [1.54, 1.807) is 19.6 Å². The van der Waals surface area contributed by atoms with Crippen molar-refractivity contribution in [3.8, 4) is 17.2 Å². The first-order valence-electron chi connectivity index (χ1n) is 9.19. The molecule has 0 aliphatic rings. The highest BCUT2D eigenvalue weighted by Gasteiger charge is 2.17. The fraction of sp³-hybridized carbons (Fsp3) is 0.238. The van der Waals surface area contributed by atoms with Gasteiger partial charge in [-0.05, 0) is 36.8 Å². The van der Waals surface area contributed by atoms with Crippen LogP contribution in [0.2, 0.25) is 0 Å². The molecule has 0 spiro atoms. The van der Waals surface area contributed by atoms with Gasteiger partial charge < -0.3 is 18.7 Å². The molecule has 0 saturated carbocycles. The molecule has 3 aromatic heterocycles. The maximum absolute atomic E-state index is 5.41. The van der Waals surface area contributed by atoms with Gasteiger partial charge in [0.1, 0.15) is 23.5 Å². The van der Waals surface area contributed by atoms with E-state index in [4.69, 9.17) is 13.8 Å². The minimum Gasteiger partial charge on any atom is -0.497 e. The van der Waals surface area contributed by atoms with Crippen LogP contribution in [-0.4, -0.2) is 34.4 Å². The molecule has 0 fully saturated rings. The first-order chi connectivity index (χ1) is 14.1. The van der Waals surface area contributed by atoms with Crippen molar-refractivity contribution in [2.45, 2.75) is 19.4 Å². The van der Waals surface area contributed by atoms with Gasteiger partial charge in [0.2, 0.25) is 0 Å². The van der Waals surface area contributed by atoms with E-state index in [9.17, 15) is 0 Å². The summed E-state index contributed by atoms with van der Waals surface area (Å²) in [4.78, 5) is 11.0. The second-order valence-corrected chi connectivity index (χ2v) is 6.66. The summed E-state index contributed by atoms with van der Waals surface area (Å²) in [5, 5.41) is 8.07. The first kappa shape index (κ1) is 18.7. The monoisotopic (exact) mass is 391 g/mol. The number of rotatable bonds is 7. The number of methoxy groups -OCH3 is 1. The van der Waals surface area contributed by atoms with E-state index < -0.39 is 0 Å². The Morgan fingerprint density at radius 2 is 1.90 bits per heavy atom. The van der Waals surface area contributed by atoms with Crippen molar-refractivity contribution in [3.05, 3.63) is 72.0 Å². The highest BCUT2D eigenvalue weighted by Crippen LogP contribution is 2.25. The molecule has 0 radical (unpaired) electrons. The third-order valence-corrected chi connectivity index (χ3v) is 4.81. The quantitative estimate of drug-likeness (QED) is 0.468. The molecule has 1 aromatic carbocycles. The summed E-state index contributed by atoms with van der Waals surface area (Å²) >= 11 is 0. The topological polar surface area (TPSA) is 90.3 Å². The number of hydrogen-bond acceptors (Lipinski definition) is 8. The normalized spacial score (nSPS) is 12.0. The molecule has 3 heterocycles. The molecule has 148 valence electrons. The van der Waals surface area contributed by atoms with Gasteiger partial charge in [-0.3, -0.25) is 0 Å². The molecule has 1 unspecified atom stereocenters.